The van der Waals surface area contributed by atoms with Gasteiger partial charge in [0.05, 0.1) is 11.1 Å². The summed E-state index contributed by atoms with van der Waals surface area (Å²) in [5.74, 6) is 0. The van der Waals surface area contributed by atoms with Crippen molar-refractivity contribution in [2.45, 2.75) is 0 Å². The Labute approximate surface area is 325 Å². The third kappa shape index (κ3) is 5.42. The molecule has 10 aromatic carbocycles. The summed E-state index contributed by atoms with van der Waals surface area (Å²) >= 11 is 0. The van der Waals surface area contributed by atoms with Crippen molar-refractivity contribution in [2.24, 2.45) is 0 Å². The highest BCUT2D eigenvalue weighted by molar-refractivity contribution is 6.14. The van der Waals surface area contributed by atoms with E-state index in [1.807, 2.05) is 12.1 Å². The van der Waals surface area contributed by atoms with Crippen molar-refractivity contribution < 1.29 is 4.42 Å². The van der Waals surface area contributed by atoms with E-state index < -0.39 is 0 Å². The molecule has 2 nitrogen and oxygen atoms in total. The van der Waals surface area contributed by atoms with E-state index in [0.717, 1.165) is 39.0 Å². The second-order valence-electron chi connectivity index (χ2n) is 14.5. The van der Waals surface area contributed by atoms with Crippen LogP contribution < -0.4 is 4.90 Å². The summed E-state index contributed by atoms with van der Waals surface area (Å²) < 4.78 is 6.36. The third-order valence-corrected chi connectivity index (χ3v) is 11.3. The van der Waals surface area contributed by atoms with E-state index >= 15 is 0 Å². The molecule has 0 radical (unpaired) electrons. The minimum Gasteiger partial charge on any atom is -0.456 e. The van der Waals surface area contributed by atoms with Crippen LogP contribution in [0.5, 0.6) is 0 Å². The van der Waals surface area contributed by atoms with Crippen LogP contribution in [0.3, 0.4) is 0 Å². The molecule has 0 unspecified atom stereocenters. The maximum absolute atomic E-state index is 6.36. The Hall–Kier alpha value is -7.42. The van der Waals surface area contributed by atoms with Crippen LogP contribution in [0.4, 0.5) is 17.1 Å². The van der Waals surface area contributed by atoms with Gasteiger partial charge in [-0.2, -0.15) is 0 Å². The van der Waals surface area contributed by atoms with Crippen LogP contribution in [0.25, 0.3) is 87.6 Å². The SMILES string of the molecule is c1ccc2cc(-c3ccc(N(c4ccc(-c5ccc(-c6cccc7c6ccc6ccccc67)cc5)cc4)c4cccc5oc6ccccc6c45)cc3)ccc2c1. The van der Waals surface area contributed by atoms with E-state index in [1.165, 1.54) is 65.7 Å². The number of hydrogen-bond donors (Lipinski definition) is 0. The fourth-order valence-corrected chi connectivity index (χ4v) is 8.48. The first-order valence-electron chi connectivity index (χ1n) is 19.2. The number of rotatable bonds is 6. The number of furan rings is 1. The molecule has 0 spiro atoms. The van der Waals surface area contributed by atoms with Gasteiger partial charge < -0.3 is 9.32 Å². The molecule has 0 N–H and O–H groups in total. The zero-order valence-corrected chi connectivity index (χ0v) is 30.6. The van der Waals surface area contributed by atoms with Gasteiger partial charge in [-0.3, -0.25) is 0 Å². The molecule has 0 fully saturated rings. The largest absolute Gasteiger partial charge is 0.456 e. The molecular formula is C54H35NO. The van der Waals surface area contributed by atoms with Gasteiger partial charge in [0.1, 0.15) is 11.2 Å². The highest BCUT2D eigenvalue weighted by atomic mass is 16.3. The fourth-order valence-electron chi connectivity index (χ4n) is 8.48. The molecule has 1 aromatic heterocycles. The Balaban J connectivity index is 0.972. The first-order chi connectivity index (χ1) is 27.7. The molecule has 0 aliphatic rings. The van der Waals surface area contributed by atoms with Gasteiger partial charge in [0.15, 0.2) is 0 Å². The second-order valence-corrected chi connectivity index (χ2v) is 14.5. The smallest absolute Gasteiger partial charge is 0.137 e. The van der Waals surface area contributed by atoms with E-state index in [2.05, 4.69) is 205 Å². The zero-order valence-electron chi connectivity index (χ0n) is 30.6. The van der Waals surface area contributed by atoms with Crippen molar-refractivity contribution in [2.75, 3.05) is 4.90 Å². The van der Waals surface area contributed by atoms with Crippen LogP contribution >= 0.6 is 0 Å². The van der Waals surface area contributed by atoms with E-state index in [0.29, 0.717) is 0 Å². The van der Waals surface area contributed by atoms with Gasteiger partial charge in [-0.1, -0.05) is 164 Å². The van der Waals surface area contributed by atoms with Gasteiger partial charge in [0, 0.05) is 16.8 Å². The number of anilines is 3. The summed E-state index contributed by atoms with van der Waals surface area (Å²) in [6.45, 7) is 0. The molecule has 0 aliphatic heterocycles. The number of nitrogens with zero attached hydrogens (tertiary/aromatic N) is 1. The van der Waals surface area contributed by atoms with Gasteiger partial charge in [-0.25, -0.2) is 0 Å². The third-order valence-electron chi connectivity index (χ3n) is 11.3. The standard InChI is InChI=1S/C54H35NO/c1-2-11-42-35-43(24-21-36(42)9-1)39-27-32-45(33-28-39)55(51-16-8-18-53-54(51)50-13-5-6-17-52(50)56-53)44-30-25-38(26-31-44)37-19-22-41(23-20-37)47-14-7-15-48-46-12-4-3-10-40(46)29-34-49(47)48/h1-35H. The lowest BCUT2D eigenvalue weighted by molar-refractivity contribution is 0.669. The summed E-state index contributed by atoms with van der Waals surface area (Å²) in [4.78, 5) is 2.35. The molecular weight excluding hydrogens is 679 g/mol. The number of benzene rings is 10. The summed E-state index contributed by atoms with van der Waals surface area (Å²) in [7, 11) is 0. The molecule has 0 amide bonds. The lowest BCUT2D eigenvalue weighted by atomic mass is 9.93. The quantitative estimate of drug-likeness (QED) is 0.160. The summed E-state index contributed by atoms with van der Waals surface area (Å²) in [5.41, 5.74) is 12.2. The highest BCUT2D eigenvalue weighted by Crippen LogP contribution is 2.44. The minimum atomic E-state index is 0.873. The van der Waals surface area contributed by atoms with Crippen LogP contribution in [0, 0.1) is 0 Å². The molecule has 0 aliphatic carbocycles. The summed E-state index contributed by atoms with van der Waals surface area (Å²) in [6.07, 6.45) is 0. The van der Waals surface area contributed by atoms with Gasteiger partial charge >= 0.3 is 0 Å². The molecule has 0 bridgehead atoms. The normalized spacial score (nSPS) is 11.6. The van der Waals surface area contributed by atoms with Gasteiger partial charge in [-0.05, 0) is 114 Å². The first-order valence-corrected chi connectivity index (χ1v) is 19.2. The molecule has 11 rings (SSSR count). The van der Waals surface area contributed by atoms with Gasteiger partial charge in [0.25, 0.3) is 0 Å². The molecule has 0 saturated carbocycles. The molecule has 56 heavy (non-hydrogen) atoms. The Morgan fingerprint density at radius 2 is 0.839 bits per heavy atom. The maximum Gasteiger partial charge on any atom is 0.137 e. The van der Waals surface area contributed by atoms with Crippen molar-refractivity contribution in [3.63, 3.8) is 0 Å². The van der Waals surface area contributed by atoms with E-state index in [4.69, 9.17) is 4.42 Å². The topological polar surface area (TPSA) is 16.4 Å². The van der Waals surface area contributed by atoms with E-state index in [9.17, 15) is 0 Å². The first kappa shape index (κ1) is 32.0. The van der Waals surface area contributed by atoms with Crippen molar-refractivity contribution in [1.82, 2.24) is 0 Å². The monoisotopic (exact) mass is 713 g/mol. The molecule has 0 atom stereocenters. The Kier molecular flexibility index (Phi) is 7.53. The van der Waals surface area contributed by atoms with Crippen LogP contribution in [-0.4, -0.2) is 0 Å². The van der Waals surface area contributed by atoms with Crippen LogP contribution in [0.2, 0.25) is 0 Å². The lowest BCUT2D eigenvalue weighted by Gasteiger charge is -2.26. The summed E-state index contributed by atoms with van der Waals surface area (Å²) in [5, 5.41) is 9.80. The number of hydrogen-bond acceptors (Lipinski definition) is 2. The van der Waals surface area contributed by atoms with Crippen LogP contribution in [0.1, 0.15) is 0 Å². The van der Waals surface area contributed by atoms with Crippen molar-refractivity contribution in [3.8, 4) is 33.4 Å². The maximum atomic E-state index is 6.36. The second kappa shape index (κ2) is 13.2. The Morgan fingerprint density at radius 3 is 1.61 bits per heavy atom. The highest BCUT2D eigenvalue weighted by Gasteiger charge is 2.20. The summed E-state index contributed by atoms with van der Waals surface area (Å²) in [6, 6.07) is 76.5. The predicted octanol–water partition coefficient (Wildman–Crippen LogP) is 15.5. The molecule has 1 heterocycles. The lowest BCUT2D eigenvalue weighted by Crippen LogP contribution is -2.10. The molecule has 11 aromatic rings. The van der Waals surface area contributed by atoms with Crippen molar-refractivity contribution in [3.05, 3.63) is 212 Å². The zero-order chi connectivity index (χ0) is 37.0. The van der Waals surface area contributed by atoms with Crippen molar-refractivity contribution >= 4 is 71.3 Å². The van der Waals surface area contributed by atoms with Crippen LogP contribution in [-0.2, 0) is 0 Å². The number of para-hydroxylation sites is 1. The average Bonchev–Trinajstić information content (AvgIpc) is 3.66. The van der Waals surface area contributed by atoms with Crippen LogP contribution in [0.15, 0.2) is 217 Å². The van der Waals surface area contributed by atoms with E-state index in [1.54, 1.807) is 0 Å². The molecule has 2 heteroatoms. The Bertz CT molecular complexity index is 3230. The minimum absolute atomic E-state index is 0.873. The van der Waals surface area contributed by atoms with E-state index in [-0.39, 0.29) is 0 Å². The van der Waals surface area contributed by atoms with Gasteiger partial charge in [0.2, 0.25) is 0 Å². The fraction of sp³-hybridized carbons (Fsp3) is 0. The van der Waals surface area contributed by atoms with Gasteiger partial charge in [-0.15, -0.1) is 0 Å². The molecule has 262 valence electrons. The van der Waals surface area contributed by atoms with Crippen molar-refractivity contribution in [1.29, 1.82) is 0 Å². The molecule has 0 saturated heterocycles. The predicted molar refractivity (Wildman–Crippen MR) is 237 cm³/mol. The average molecular weight is 714 g/mol. The Morgan fingerprint density at radius 1 is 0.304 bits per heavy atom. The number of fused-ring (bicyclic) bond motifs is 7.